The molecule has 2 aliphatic rings. The lowest BCUT2D eigenvalue weighted by Crippen LogP contribution is -2.23. The molecule has 100 valence electrons. The van der Waals surface area contributed by atoms with Crippen molar-refractivity contribution in [3.8, 4) is 0 Å². The van der Waals surface area contributed by atoms with Crippen molar-refractivity contribution in [3.05, 3.63) is 18.0 Å². The summed E-state index contributed by atoms with van der Waals surface area (Å²) in [6, 6.07) is 2.73. The normalized spacial score (nSPS) is 32.0. The van der Waals surface area contributed by atoms with Gasteiger partial charge in [-0.1, -0.05) is 19.8 Å². The van der Waals surface area contributed by atoms with Gasteiger partial charge in [0.15, 0.2) is 0 Å². The number of nitrogens with zero attached hydrogens (tertiary/aromatic N) is 2. The van der Waals surface area contributed by atoms with E-state index in [1.165, 1.54) is 31.4 Å². The third-order valence-corrected chi connectivity index (χ3v) is 4.92. The van der Waals surface area contributed by atoms with Crippen molar-refractivity contribution < 1.29 is 0 Å². The fourth-order valence-corrected chi connectivity index (χ4v) is 4.09. The Balaban J connectivity index is 1.78. The number of aryl methyl sites for hydroxylation is 1. The number of nitrogens with one attached hydrogen (secondary N) is 1. The highest BCUT2D eigenvalue weighted by molar-refractivity contribution is 5.16. The molecular weight excluding hydrogens is 222 g/mol. The van der Waals surface area contributed by atoms with Gasteiger partial charge in [0, 0.05) is 12.7 Å². The standard InChI is InChI=1S/C15H25N3/c1-3-10-18-13(8-9-17-18)15(16-2)14-11-6-4-5-7-12(11)14/h8-9,11-12,14-16H,3-7,10H2,1-2H3. The molecular formula is C15H25N3. The first-order chi connectivity index (χ1) is 8.86. The maximum absolute atomic E-state index is 4.48. The van der Waals surface area contributed by atoms with Gasteiger partial charge in [0.05, 0.1) is 11.7 Å². The lowest BCUT2D eigenvalue weighted by molar-refractivity contribution is 0.433. The van der Waals surface area contributed by atoms with Gasteiger partial charge in [-0.15, -0.1) is 0 Å². The van der Waals surface area contributed by atoms with Gasteiger partial charge in [-0.05, 0) is 50.1 Å². The maximum Gasteiger partial charge on any atom is 0.0556 e. The van der Waals surface area contributed by atoms with Crippen LogP contribution in [0, 0.1) is 17.8 Å². The molecule has 2 aliphatic carbocycles. The highest BCUT2D eigenvalue weighted by atomic mass is 15.3. The Kier molecular flexibility index (Phi) is 3.42. The summed E-state index contributed by atoms with van der Waals surface area (Å²) in [4.78, 5) is 0. The largest absolute Gasteiger partial charge is 0.311 e. The molecule has 0 amide bonds. The highest BCUT2D eigenvalue weighted by Crippen LogP contribution is 2.60. The van der Waals surface area contributed by atoms with Crippen molar-refractivity contribution in [3.63, 3.8) is 0 Å². The topological polar surface area (TPSA) is 29.9 Å². The quantitative estimate of drug-likeness (QED) is 0.867. The van der Waals surface area contributed by atoms with Gasteiger partial charge >= 0.3 is 0 Å². The Labute approximate surface area is 110 Å². The van der Waals surface area contributed by atoms with Crippen LogP contribution in [0.2, 0.25) is 0 Å². The van der Waals surface area contributed by atoms with Crippen LogP contribution in [0.25, 0.3) is 0 Å². The van der Waals surface area contributed by atoms with E-state index in [0.29, 0.717) is 6.04 Å². The first-order valence-corrected chi connectivity index (χ1v) is 7.55. The van der Waals surface area contributed by atoms with Gasteiger partial charge < -0.3 is 5.32 Å². The molecule has 0 radical (unpaired) electrons. The van der Waals surface area contributed by atoms with Crippen LogP contribution in [-0.4, -0.2) is 16.8 Å². The average molecular weight is 247 g/mol. The zero-order valence-corrected chi connectivity index (χ0v) is 11.6. The molecule has 1 aromatic rings. The predicted octanol–water partition coefficient (Wildman–Crippen LogP) is 2.99. The molecule has 3 rings (SSSR count). The van der Waals surface area contributed by atoms with Crippen LogP contribution in [0.1, 0.15) is 50.8 Å². The van der Waals surface area contributed by atoms with Crippen LogP contribution in [0.3, 0.4) is 0 Å². The molecule has 3 heteroatoms. The van der Waals surface area contributed by atoms with E-state index < -0.39 is 0 Å². The van der Waals surface area contributed by atoms with Crippen molar-refractivity contribution in [2.24, 2.45) is 17.8 Å². The lowest BCUT2D eigenvalue weighted by atomic mass is 10.0. The van der Waals surface area contributed by atoms with Crippen molar-refractivity contribution in [2.45, 2.75) is 51.6 Å². The van der Waals surface area contributed by atoms with Crippen LogP contribution in [-0.2, 0) is 6.54 Å². The summed E-state index contributed by atoms with van der Waals surface area (Å²) in [5.41, 5.74) is 1.40. The molecule has 0 aliphatic heterocycles. The molecule has 3 nitrogen and oxygen atoms in total. The Morgan fingerprint density at radius 1 is 1.39 bits per heavy atom. The van der Waals surface area contributed by atoms with Crippen LogP contribution < -0.4 is 5.32 Å². The smallest absolute Gasteiger partial charge is 0.0556 e. The third kappa shape index (κ3) is 1.99. The second-order valence-corrected chi connectivity index (χ2v) is 5.94. The molecule has 18 heavy (non-hydrogen) atoms. The Hall–Kier alpha value is -0.830. The summed E-state index contributed by atoms with van der Waals surface area (Å²) in [5.74, 6) is 2.84. The van der Waals surface area contributed by atoms with Gasteiger partial charge in [-0.3, -0.25) is 4.68 Å². The van der Waals surface area contributed by atoms with Crippen molar-refractivity contribution >= 4 is 0 Å². The minimum absolute atomic E-state index is 0.521. The minimum atomic E-state index is 0.521. The second kappa shape index (κ2) is 5.04. The fraction of sp³-hybridized carbons (Fsp3) is 0.800. The van der Waals surface area contributed by atoms with E-state index in [2.05, 4.69) is 35.1 Å². The predicted molar refractivity (Wildman–Crippen MR) is 73.3 cm³/mol. The first kappa shape index (κ1) is 12.2. The number of fused-ring (bicyclic) bond motifs is 1. The molecule has 2 fully saturated rings. The molecule has 1 heterocycles. The van der Waals surface area contributed by atoms with Crippen LogP contribution in [0.5, 0.6) is 0 Å². The molecule has 1 N–H and O–H groups in total. The van der Waals surface area contributed by atoms with E-state index in [9.17, 15) is 0 Å². The molecule has 0 spiro atoms. The minimum Gasteiger partial charge on any atom is -0.311 e. The molecule has 1 aromatic heterocycles. The summed E-state index contributed by atoms with van der Waals surface area (Å²) in [6.45, 7) is 3.26. The zero-order chi connectivity index (χ0) is 12.5. The highest BCUT2D eigenvalue weighted by Gasteiger charge is 2.54. The summed E-state index contributed by atoms with van der Waals surface area (Å²) < 4.78 is 2.20. The van der Waals surface area contributed by atoms with Crippen molar-refractivity contribution in [1.29, 1.82) is 0 Å². The van der Waals surface area contributed by atoms with E-state index in [1.54, 1.807) is 0 Å². The second-order valence-electron chi connectivity index (χ2n) is 5.94. The van der Waals surface area contributed by atoms with Crippen molar-refractivity contribution in [2.75, 3.05) is 7.05 Å². The van der Waals surface area contributed by atoms with E-state index in [0.717, 1.165) is 30.7 Å². The molecule has 2 saturated carbocycles. The monoisotopic (exact) mass is 247 g/mol. The van der Waals surface area contributed by atoms with Crippen LogP contribution in [0.15, 0.2) is 12.3 Å². The number of hydrogen-bond donors (Lipinski definition) is 1. The van der Waals surface area contributed by atoms with Crippen LogP contribution >= 0.6 is 0 Å². The van der Waals surface area contributed by atoms with E-state index in [1.807, 2.05) is 6.20 Å². The van der Waals surface area contributed by atoms with E-state index in [-0.39, 0.29) is 0 Å². The molecule has 3 atom stereocenters. The van der Waals surface area contributed by atoms with Gasteiger partial charge in [0.25, 0.3) is 0 Å². The van der Waals surface area contributed by atoms with Gasteiger partial charge in [0.1, 0.15) is 0 Å². The summed E-state index contributed by atoms with van der Waals surface area (Å²) in [7, 11) is 2.11. The maximum atomic E-state index is 4.48. The molecule has 3 unspecified atom stereocenters. The van der Waals surface area contributed by atoms with Gasteiger partial charge in [0.2, 0.25) is 0 Å². The lowest BCUT2D eigenvalue weighted by Gasteiger charge is -2.18. The van der Waals surface area contributed by atoms with E-state index in [4.69, 9.17) is 0 Å². The summed E-state index contributed by atoms with van der Waals surface area (Å²) in [6.07, 6.45) is 8.92. The third-order valence-electron chi connectivity index (χ3n) is 4.92. The van der Waals surface area contributed by atoms with Crippen LogP contribution in [0.4, 0.5) is 0 Å². The van der Waals surface area contributed by atoms with E-state index >= 15 is 0 Å². The number of hydrogen-bond acceptors (Lipinski definition) is 2. The molecule has 0 bridgehead atoms. The SMILES string of the molecule is CCCn1nccc1C(NC)C1C2CCCCC21. The summed E-state index contributed by atoms with van der Waals surface area (Å²) >= 11 is 0. The summed E-state index contributed by atoms with van der Waals surface area (Å²) in [5, 5.41) is 8.04. The van der Waals surface area contributed by atoms with Gasteiger partial charge in [-0.2, -0.15) is 5.10 Å². The Bertz CT molecular complexity index is 386. The first-order valence-electron chi connectivity index (χ1n) is 7.55. The zero-order valence-electron chi connectivity index (χ0n) is 11.6. The number of rotatable bonds is 5. The molecule has 0 aromatic carbocycles. The van der Waals surface area contributed by atoms with Gasteiger partial charge in [-0.25, -0.2) is 0 Å². The Morgan fingerprint density at radius 2 is 2.11 bits per heavy atom. The average Bonchev–Trinajstić information content (AvgIpc) is 2.93. The van der Waals surface area contributed by atoms with Crippen molar-refractivity contribution in [1.82, 2.24) is 15.1 Å². The number of aromatic nitrogens is 2. The molecule has 0 saturated heterocycles. The fourth-order valence-electron chi connectivity index (χ4n) is 4.09. The Morgan fingerprint density at radius 3 is 2.72 bits per heavy atom.